The minimum Gasteiger partial charge on any atom is -0.481 e. The number of carbonyl (C=O) groups excluding carboxylic acids is 1. The Balaban J connectivity index is 2.24. The summed E-state index contributed by atoms with van der Waals surface area (Å²) < 4.78 is 20.8. The summed E-state index contributed by atoms with van der Waals surface area (Å²) >= 11 is 0. The summed E-state index contributed by atoms with van der Waals surface area (Å²) in [5.74, 6) is -3.70. The standard InChI is InChI=1S/C17H24O11/c1-3-7-8(4-11(19)20)9(15(24)25-2)6-26-16(7)28-17-14(23)13(22)12(21)10(5-18)27-17/h3,6-8,10,12-14,16-18,21-23H,1,4-5H2,2H3,(H,19,20)/t7-,8+,10-,12-,13+,14-,16?,17+/m1/s1. The molecule has 158 valence electrons. The van der Waals surface area contributed by atoms with Gasteiger partial charge < -0.3 is 44.5 Å². The average Bonchev–Trinajstić information content (AvgIpc) is 2.67. The zero-order valence-electron chi connectivity index (χ0n) is 15.1. The molecule has 0 saturated carbocycles. The summed E-state index contributed by atoms with van der Waals surface area (Å²) in [5.41, 5.74) is -0.0246. The molecule has 0 amide bonds. The number of hydrogen-bond donors (Lipinski definition) is 5. The Morgan fingerprint density at radius 3 is 2.43 bits per heavy atom. The van der Waals surface area contributed by atoms with E-state index in [2.05, 4.69) is 11.3 Å². The van der Waals surface area contributed by atoms with Crippen LogP contribution in [0.2, 0.25) is 0 Å². The molecule has 0 aliphatic carbocycles. The van der Waals surface area contributed by atoms with Gasteiger partial charge in [0.25, 0.3) is 0 Å². The molecule has 1 fully saturated rings. The van der Waals surface area contributed by atoms with E-state index in [4.69, 9.17) is 14.2 Å². The van der Waals surface area contributed by atoms with Gasteiger partial charge >= 0.3 is 11.9 Å². The van der Waals surface area contributed by atoms with Crippen molar-refractivity contribution in [3.05, 3.63) is 24.5 Å². The minimum atomic E-state index is -1.67. The van der Waals surface area contributed by atoms with Crippen LogP contribution in [0.25, 0.3) is 0 Å². The zero-order chi connectivity index (χ0) is 21.0. The summed E-state index contributed by atoms with van der Waals surface area (Å²) in [4.78, 5) is 23.2. The number of aliphatic hydroxyl groups excluding tert-OH is 4. The van der Waals surface area contributed by atoms with E-state index in [-0.39, 0.29) is 5.57 Å². The van der Waals surface area contributed by atoms with Gasteiger partial charge in [0.15, 0.2) is 6.29 Å². The Bertz CT molecular complexity index is 616. The monoisotopic (exact) mass is 404 g/mol. The topological polar surface area (TPSA) is 172 Å². The van der Waals surface area contributed by atoms with Crippen LogP contribution in [0.1, 0.15) is 6.42 Å². The van der Waals surface area contributed by atoms with Gasteiger partial charge in [-0.05, 0) is 0 Å². The van der Waals surface area contributed by atoms with Gasteiger partial charge in [0.05, 0.1) is 32.0 Å². The maximum absolute atomic E-state index is 11.9. The van der Waals surface area contributed by atoms with Crippen LogP contribution in [0.15, 0.2) is 24.5 Å². The number of methoxy groups -OCH3 is 1. The van der Waals surface area contributed by atoms with E-state index in [1.807, 2.05) is 0 Å². The lowest BCUT2D eigenvalue weighted by Crippen LogP contribution is -2.60. The smallest absolute Gasteiger partial charge is 0.337 e. The number of carboxylic acid groups (broad SMARTS) is 1. The number of aliphatic carboxylic acids is 1. The van der Waals surface area contributed by atoms with Crippen molar-refractivity contribution in [3.63, 3.8) is 0 Å². The Hall–Kier alpha value is -2.02. The van der Waals surface area contributed by atoms with Crippen molar-refractivity contribution < 1.29 is 54.1 Å². The van der Waals surface area contributed by atoms with Crippen LogP contribution in [0, 0.1) is 11.8 Å². The van der Waals surface area contributed by atoms with E-state index in [9.17, 15) is 35.1 Å². The summed E-state index contributed by atoms with van der Waals surface area (Å²) in [6.45, 7) is 2.97. The van der Waals surface area contributed by atoms with E-state index in [0.717, 1.165) is 13.4 Å². The van der Waals surface area contributed by atoms with E-state index >= 15 is 0 Å². The maximum Gasteiger partial charge on any atom is 0.337 e. The molecule has 0 aromatic heterocycles. The molecule has 0 bridgehead atoms. The summed E-state index contributed by atoms with van der Waals surface area (Å²) in [7, 11) is 1.14. The molecule has 11 heteroatoms. The number of hydrogen-bond acceptors (Lipinski definition) is 10. The third-order valence-corrected chi connectivity index (χ3v) is 4.71. The summed E-state index contributed by atoms with van der Waals surface area (Å²) in [5, 5.41) is 48.2. The molecule has 0 aromatic carbocycles. The Morgan fingerprint density at radius 1 is 1.21 bits per heavy atom. The van der Waals surface area contributed by atoms with Crippen LogP contribution in [0.4, 0.5) is 0 Å². The van der Waals surface area contributed by atoms with Crippen molar-refractivity contribution in [2.45, 2.75) is 43.4 Å². The highest BCUT2D eigenvalue weighted by Crippen LogP contribution is 2.36. The van der Waals surface area contributed by atoms with Crippen LogP contribution in [0.5, 0.6) is 0 Å². The number of ether oxygens (including phenoxy) is 4. The quantitative estimate of drug-likeness (QED) is 0.237. The van der Waals surface area contributed by atoms with Crippen molar-refractivity contribution in [3.8, 4) is 0 Å². The molecule has 8 atom stereocenters. The SMILES string of the molecule is C=C[C@H]1C(O[C@@H]2O[C@H](CO)[C@@H](O)[C@H](O)[C@H]2O)OC=C(C(=O)OC)[C@H]1CC(=O)O. The number of carbonyl (C=O) groups is 2. The van der Waals surface area contributed by atoms with E-state index in [0.29, 0.717) is 0 Å². The third-order valence-electron chi connectivity index (χ3n) is 4.71. The van der Waals surface area contributed by atoms with Gasteiger partial charge in [-0.2, -0.15) is 0 Å². The van der Waals surface area contributed by atoms with Crippen LogP contribution in [0.3, 0.4) is 0 Å². The lowest BCUT2D eigenvalue weighted by molar-refractivity contribution is -0.339. The van der Waals surface area contributed by atoms with Gasteiger partial charge in [-0.15, -0.1) is 6.58 Å². The molecule has 2 heterocycles. The van der Waals surface area contributed by atoms with Crippen LogP contribution in [-0.4, -0.2) is 88.2 Å². The molecule has 11 nitrogen and oxygen atoms in total. The van der Waals surface area contributed by atoms with Crippen molar-refractivity contribution in [2.24, 2.45) is 11.8 Å². The van der Waals surface area contributed by atoms with Crippen molar-refractivity contribution in [1.29, 1.82) is 0 Å². The normalized spacial score (nSPS) is 38.1. The fraction of sp³-hybridized carbons (Fsp3) is 0.647. The van der Waals surface area contributed by atoms with Gasteiger partial charge in [-0.3, -0.25) is 4.79 Å². The highest BCUT2D eigenvalue weighted by molar-refractivity contribution is 5.89. The lowest BCUT2D eigenvalue weighted by atomic mass is 9.81. The van der Waals surface area contributed by atoms with Crippen molar-refractivity contribution >= 4 is 11.9 Å². The van der Waals surface area contributed by atoms with Gasteiger partial charge in [0, 0.05) is 11.8 Å². The molecule has 2 aliphatic heterocycles. The first kappa shape index (κ1) is 22.3. The van der Waals surface area contributed by atoms with Crippen molar-refractivity contribution in [1.82, 2.24) is 0 Å². The maximum atomic E-state index is 11.9. The van der Waals surface area contributed by atoms with Gasteiger partial charge in [-0.25, -0.2) is 4.79 Å². The summed E-state index contributed by atoms with van der Waals surface area (Å²) in [6.07, 6.45) is -6.91. The highest BCUT2D eigenvalue weighted by atomic mass is 16.8. The second kappa shape index (κ2) is 9.45. The number of aliphatic hydroxyl groups is 4. The first-order valence-corrected chi connectivity index (χ1v) is 8.49. The molecule has 0 spiro atoms. The predicted octanol–water partition coefficient (Wildman–Crippen LogP) is -1.89. The highest BCUT2D eigenvalue weighted by Gasteiger charge is 2.47. The number of carboxylic acids is 1. The Kier molecular flexibility index (Phi) is 7.52. The average molecular weight is 404 g/mol. The molecule has 28 heavy (non-hydrogen) atoms. The van der Waals surface area contributed by atoms with Gasteiger partial charge in [0.1, 0.15) is 24.4 Å². The molecule has 2 rings (SSSR count). The van der Waals surface area contributed by atoms with Gasteiger partial charge in [0.2, 0.25) is 6.29 Å². The molecule has 0 radical (unpaired) electrons. The molecule has 2 aliphatic rings. The van der Waals surface area contributed by atoms with Gasteiger partial charge in [-0.1, -0.05) is 6.08 Å². The second-order valence-electron chi connectivity index (χ2n) is 6.42. The molecule has 0 aromatic rings. The van der Waals surface area contributed by atoms with Crippen LogP contribution >= 0.6 is 0 Å². The second-order valence-corrected chi connectivity index (χ2v) is 6.42. The fourth-order valence-electron chi connectivity index (χ4n) is 3.18. The molecule has 1 unspecified atom stereocenters. The van der Waals surface area contributed by atoms with Crippen LogP contribution < -0.4 is 0 Å². The lowest BCUT2D eigenvalue weighted by Gasteiger charge is -2.42. The first-order chi connectivity index (χ1) is 13.2. The Morgan fingerprint density at radius 2 is 1.89 bits per heavy atom. The van der Waals surface area contributed by atoms with E-state index in [1.165, 1.54) is 6.08 Å². The molecular weight excluding hydrogens is 380 g/mol. The molecule has 5 N–H and O–H groups in total. The fourth-order valence-corrected chi connectivity index (χ4v) is 3.18. The summed E-state index contributed by atoms with van der Waals surface area (Å²) in [6, 6.07) is 0. The van der Waals surface area contributed by atoms with E-state index in [1.54, 1.807) is 0 Å². The third kappa shape index (κ3) is 4.51. The zero-order valence-corrected chi connectivity index (χ0v) is 15.1. The Labute approximate surface area is 160 Å². The predicted molar refractivity (Wildman–Crippen MR) is 89.3 cm³/mol. The number of esters is 1. The van der Waals surface area contributed by atoms with Crippen LogP contribution in [-0.2, 0) is 28.5 Å². The minimum absolute atomic E-state index is 0.0246. The van der Waals surface area contributed by atoms with Crippen molar-refractivity contribution in [2.75, 3.05) is 13.7 Å². The largest absolute Gasteiger partial charge is 0.481 e. The first-order valence-electron chi connectivity index (χ1n) is 8.49. The molecule has 1 saturated heterocycles. The molecular formula is C17H24O11. The van der Waals surface area contributed by atoms with E-state index < -0.39 is 73.8 Å². The number of rotatable bonds is 7.